The molecule has 1 amide bonds. The Morgan fingerprint density at radius 1 is 1.38 bits per heavy atom. The second-order valence-electron chi connectivity index (χ2n) is 7.50. The van der Waals surface area contributed by atoms with Crippen LogP contribution >= 0.6 is 0 Å². The first-order valence-corrected chi connectivity index (χ1v) is 9.62. The van der Waals surface area contributed by atoms with Crippen LogP contribution in [-0.2, 0) is 4.74 Å². The minimum absolute atomic E-state index is 0.0597. The van der Waals surface area contributed by atoms with E-state index in [1.54, 1.807) is 25.1 Å². The number of hydrogen-bond acceptors (Lipinski definition) is 8. The van der Waals surface area contributed by atoms with Gasteiger partial charge in [-0.3, -0.25) is 0 Å². The highest BCUT2D eigenvalue weighted by Crippen LogP contribution is 2.29. The standard InChI is InChI=1S/C19H23N7O3/c1-20-12-7-14-23-15-5-10(6-16(27)25(15)2)8-29-13-4-3-11(13)22-19(28)26-9-21-17(12)18(26)24-14/h5-7,9,11,13,16,27H,3-4,8H2,1-2H3,(H,22,28)(H2,20,23,24)/t11-,13-,16?/m1/s1. The third kappa shape index (κ3) is 3.00. The molecule has 5 rings (SSSR count). The van der Waals surface area contributed by atoms with E-state index in [0.29, 0.717) is 29.4 Å². The summed E-state index contributed by atoms with van der Waals surface area (Å²) in [6.45, 7) is 0.359. The quantitative estimate of drug-likeness (QED) is 0.564. The van der Waals surface area contributed by atoms with Crippen LogP contribution in [0.5, 0.6) is 0 Å². The molecule has 152 valence electrons. The first kappa shape index (κ1) is 18.0. The molecule has 1 unspecified atom stereocenters. The van der Waals surface area contributed by atoms with E-state index in [4.69, 9.17) is 4.74 Å². The van der Waals surface area contributed by atoms with Gasteiger partial charge in [0.1, 0.15) is 29.7 Å². The number of ether oxygens (including phenoxy) is 1. The van der Waals surface area contributed by atoms with Gasteiger partial charge in [-0.05, 0) is 30.6 Å². The van der Waals surface area contributed by atoms with Gasteiger partial charge in [-0.15, -0.1) is 0 Å². The normalized spacial score (nSPS) is 26.5. The summed E-state index contributed by atoms with van der Waals surface area (Å²) >= 11 is 0. The molecule has 0 radical (unpaired) electrons. The average molecular weight is 397 g/mol. The fraction of sp³-hybridized carbons (Fsp3) is 0.421. The van der Waals surface area contributed by atoms with Crippen molar-refractivity contribution in [3.8, 4) is 0 Å². The maximum absolute atomic E-state index is 12.9. The van der Waals surface area contributed by atoms with Crippen LogP contribution in [0.3, 0.4) is 0 Å². The highest BCUT2D eigenvalue weighted by atomic mass is 16.5. The van der Waals surface area contributed by atoms with Gasteiger partial charge in [-0.25, -0.2) is 19.3 Å². The molecule has 1 saturated carbocycles. The maximum Gasteiger partial charge on any atom is 0.328 e. The lowest BCUT2D eigenvalue weighted by Gasteiger charge is -2.37. The van der Waals surface area contributed by atoms with E-state index in [2.05, 4.69) is 25.9 Å². The van der Waals surface area contributed by atoms with Crippen LogP contribution < -0.4 is 16.0 Å². The number of carbonyl (C=O) groups excluding carboxylic acids is 1. The summed E-state index contributed by atoms with van der Waals surface area (Å²) in [6, 6.07) is 1.48. The van der Waals surface area contributed by atoms with Gasteiger partial charge in [0.05, 0.1) is 24.4 Å². The summed E-state index contributed by atoms with van der Waals surface area (Å²) in [5, 5.41) is 19.8. The van der Waals surface area contributed by atoms with Crippen LogP contribution in [0, 0.1) is 0 Å². The van der Waals surface area contributed by atoms with Gasteiger partial charge < -0.3 is 30.7 Å². The van der Waals surface area contributed by atoms with Gasteiger partial charge in [0.25, 0.3) is 0 Å². The van der Waals surface area contributed by atoms with Crippen molar-refractivity contribution in [1.82, 2.24) is 24.8 Å². The number of imidazole rings is 1. The minimum atomic E-state index is -0.774. The van der Waals surface area contributed by atoms with E-state index in [1.165, 1.54) is 10.9 Å². The Balaban J connectivity index is 1.63. The summed E-state index contributed by atoms with van der Waals surface area (Å²) in [7, 11) is 3.58. The molecule has 29 heavy (non-hydrogen) atoms. The van der Waals surface area contributed by atoms with Crippen LogP contribution in [0.1, 0.15) is 12.8 Å². The second kappa shape index (κ2) is 6.75. The van der Waals surface area contributed by atoms with Crippen molar-refractivity contribution >= 4 is 28.7 Å². The van der Waals surface area contributed by atoms with Crippen molar-refractivity contribution in [1.29, 1.82) is 0 Å². The molecule has 10 nitrogen and oxygen atoms in total. The second-order valence-corrected chi connectivity index (χ2v) is 7.50. The molecule has 0 saturated heterocycles. The Hall–Kier alpha value is -3.11. The number of amides is 1. The summed E-state index contributed by atoms with van der Waals surface area (Å²) in [4.78, 5) is 23.6. The smallest absolute Gasteiger partial charge is 0.328 e. The number of rotatable bonds is 1. The molecule has 4 N–H and O–H groups in total. The van der Waals surface area contributed by atoms with Gasteiger partial charge in [-0.2, -0.15) is 0 Å². The van der Waals surface area contributed by atoms with Crippen LogP contribution in [0.4, 0.5) is 16.3 Å². The van der Waals surface area contributed by atoms with Crippen molar-refractivity contribution < 1.29 is 14.6 Å². The molecule has 0 aromatic carbocycles. The molecule has 4 bridgehead atoms. The van der Waals surface area contributed by atoms with Crippen LogP contribution in [0.15, 0.2) is 35.9 Å². The highest BCUT2D eigenvalue weighted by Gasteiger charge is 2.34. The SMILES string of the molecule is CNc1cc2nc3c1ncn3C(=O)N[C@@H]1CC[C@H]1OCC1=CC(O)N(C)C(=C1)N2. The molecule has 2 aromatic rings. The fourth-order valence-electron chi connectivity index (χ4n) is 3.78. The molecule has 4 heterocycles. The molecule has 1 aliphatic carbocycles. The number of aliphatic hydroxyl groups excluding tert-OH is 1. The van der Waals surface area contributed by atoms with E-state index >= 15 is 0 Å². The van der Waals surface area contributed by atoms with E-state index in [0.717, 1.165) is 24.1 Å². The van der Waals surface area contributed by atoms with Gasteiger partial charge in [0.2, 0.25) is 0 Å². The zero-order valence-electron chi connectivity index (χ0n) is 16.2. The van der Waals surface area contributed by atoms with Gasteiger partial charge >= 0.3 is 6.03 Å². The van der Waals surface area contributed by atoms with Crippen molar-refractivity contribution in [2.45, 2.75) is 31.2 Å². The number of nitrogens with one attached hydrogen (secondary N) is 3. The lowest BCUT2D eigenvalue weighted by Crippen LogP contribution is -2.52. The predicted octanol–water partition coefficient (Wildman–Crippen LogP) is 1.04. The van der Waals surface area contributed by atoms with E-state index < -0.39 is 6.23 Å². The van der Waals surface area contributed by atoms with Crippen LogP contribution in [0.2, 0.25) is 0 Å². The van der Waals surface area contributed by atoms with Gasteiger partial charge in [0, 0.05) is 20.2 Å². The van der Waals surface area contributed by atoms with Gasteiger partial charge in [-0.1, -0.05) is 0 Å². The molecular weight excluding hydrogens is 374 g/mol. The number of aliphatic hydroxyl groups is 1. The number of anilines is 2. The zero-order chi connectivity index (χ0) is 20.1. The minimum Gasteiger partial charge on any atom is -0.386 e. The number of likely N-dealkylation sites (N-methyl/N-ethyl adjacent to an activating group) is 1. The van der Waals surface area contributed by atoms with E-state index in [-0.39, 0.29) is 18.2 Å². The Morgan fingerprint density at radius 2 is 2.24 bits per heavy atom. The molecule has 3 atom stereocenters. The number of nitrogens with zero attached hydrogens (tertiary/aromatic N) is 4. The maximum atomic E-state index is 12.9. The topological polar surface area (TPSA) is 117 Å². The summed E-state index contributed by atoms with van der Waals surface area (Å²) < 4.78 is 7.43. The lowest BCUT2D eigenvalue weighted by molar-refractivity contribution is -0.0117. The lowest BCUT2D eigenvalue weighted by atomic mass is 9.89. The van der Waals surface area contributed by atoms with Crippen molar-refractivity contribution in [2.75, 3.05) is 31.3 Å². The molecule has 10 heteroatoms. The highest BCUT2D eigenvalue weighted by molar-refractivity contribution is 5.94. The predicted molar refractivity (Wildman–Crippen MR) is 107 cm³/mol. The van der Waals surface area contributed by atoms with E-state index in [1.807, 2.05) is 12.1 Å². The summed E-state index contributed by atoms with van der Waals surface area (Å²) in [6.07, 6.45) is 6.08. The average Bonchev–Trinajstić information content (AvgIpc) is 3.11. The number of aromatic nitrogens is 3. The largest absolute Gasteiger partial charge is 0.386 e. The summed E-state index contributed by atoms with van der Waals surface area (Å²) in [5.41, 5.74) is 2.66. The molecule has 3 aliphatic rings. The Labute approximate surface area is 167 Å². The van der Waals surface area contributed by atoms with Crippen molar-refractivity contribution in [3.63, 3.8) is 0 Å². The Morgan fingerprint density at radius 3 is 3.00 bits per heavy atom. The molecule has 1 fully saturated rings. The number of pyridine rings is 1. The third-order valence-corrected chi connectivity index (χ3v) is 5.70. The zero-order valence-corrected chi connectivity index (χ0v) is 16.2. The molecule has 2 aliphatic heterocycles. The van der Waals surface area contributed by atoms with E-state index in [9.17, 15) is 9.90 Å². The third-order valence-electron chi connectivity index (χ3n) is 5.70. The first-order valence-electron chi connectivity index (χ1n) is 9.62. The molecular formula is C19H23N7O3. The number of hydrogen-bond donors (Lipinski definition) is 4. The monoisotopic (exact) mass is 397 g/mol. The van der Waals surface area contributed by atoms with Gasteiger partial charge in [0.15, 0.2) is 5.65 Å². The Kier molecular flexibility index (Phi) is 4.18. The fourth-order valence-corrected chi connectivity index (χ4v) is 3.78. The van der Waals surface area contributed by atoms with Crippen molar-refractivity contribution in [2.24, 2.45) is 0 Å². The summed E-state index contributed by atoms with van der Waals surface area (Å²) in [5.74, 6) is 1.22. The molecule has 2 aromatic heterocycles. The molecule has 0 spiro atoms. The van der Waals surface area contributed by atoms with Crippen LogP contribution in [0.25, 0.3) is 11.2 Å². The first-order chi connectivity index (χ1) is 14.0. The number of fused-ring (bicyclic) bond motifs is 3. The Bertz CT molecular complexity index is 1040. The van der Waals surface area contributed by atoms with Crippen molar-refractivity contribution in [3.05, 3.63) is 35.9 Å². The number of carbonyl (C=O) groups is 1. The van der Waals surface area contributed by atoms with Crippen LogP contribution in [-0.4, -0.2) is 69.6 Å².